The maximum atomic E-state index is 12.2. The highest BCUT2D eigenvalue weighted by molar-refractivity contribution is 6.08. The van der Waals surface area contributed by atoms with Crippen LogP contribution in [0.25, 0.3) is 33.4 Å². The summed E-state index contributed by atoms with van der Waals surface area (Å²) in [6.07, 6.45) is 1.47. The third kappa shape index (κ3) is 4.59. The molecule has 5 aromatic rings. The van der Waals surface area contributed by atoms with Gasteiger partial charge in [0.2, 0.25) is 5.88 Å². The number of aromatic nitrogens is 4. The second kappa shape index (κ2) is 9.82. The van der Waals surface area contributed by atoms with Crippen molar-refractivity contribution in [2.45, 2.75) is 20.8 Å². The number of nitrogen functional groups attached to an aromatic ring is 1. The van der Waals surface area contributed by atoms with E-state index in [1.54, 1.807) is 6.92 Å². The summed E-state index contributed by atoms with van der Waals surface area (Å²) < 4.78 is 7.97. The summed E-state index contributed by atoms with van der Waals surface area (Å²) in [7, 11) is 1.96. The molecule has 2 aromatic carbocycles. The average molecular weight is 505 g/mol. The van der Waals surface area contributed by atoms with E-state index >= 15 is 0 Å². The molecule has 0 bridgehead atoms. The molecule has 190 valence electrons. The first-order valence-corrected chi connectivity index (χ1v) is 12.1. The summed E-state index contributed by atoms with van der Waals surface area (Å²) in [5.74, 6) is 1.40. The van der Waals surface area contributed by atoms with Gasteiger partial charge in [-0.25, -0.2) is 15.0 Å². The number of hydrogen-bond donors (Lipinski definition) is 2. The van der Waals surface area contributed by atoms with Gasteiger partial charge in [-0.2, -0.15) is 0 Å². The molecule has 1 amide bonds. The molecule has 3 aromatic heterocycles. The highest BCUT2D eigenvalue weighted by atomic mass is 16.5. The Morgan fingerprint density at radius 3 is 2.45 bits per heavy atom. The number of nitrogens with two attached hydrogens (primary N) is 1. The first kappa shape index (κ1) is 24.7. The maximum Gasteiger partial charge on any atom is 0.250 e. The summed E-state index contributed by atoms with van der Waals surface area (Å²) in [4.78, 5) is 25.4. The van der Waals surface area contributed by atoms with E-state index in [9.17, 15) is 4.79 Å². The molecule has 0 aliphatic rings. The summed E-state index contributed by atoms with van der Waals surface area (Å²) >= 11 is 0. The number of carbonyl (C=O) groups is 1. The van der Waals surface area contributed by atoms with Crippen molar-refractivity contribution in [3.05, 3.63) is 90.4 Å². The fraction of sp³-hybridized carbons (Fsp3) is 0.133. The van der Waals surface area contributed by atoms with Gasteiger partial charge in [-0.3, -0.25) is 4.79 Å². The smallest absolute Gasteiger partial charge is 0.250 e. The number of anilines is 2. The zero-order chi connectivity index (χ0) is 27.0. The van der Waals surface area contributed by atoms with E-state index in [4.69, 9.17) is 10.5 Å². The van der Waals surface area contributed by atoms with Crippen LogP contribution in [0.1, 0.15) is 18.2 Å². The van der Waals surface area contributed by atoms with Gasteiger partial charge in [0.05, 0.1) is 11.1 Å². The molecule has 0 saturated heterocycles. The van der Waals surface area contributed by atoms with Gasteiger partial charge >= 0.3 is 0 Å². The number of rotatable bonds is 6. The third-order valence-electron chi connectivity index (χ3n) is 6.36. The molecular formula is C30H28N6O2. The molecule has 0 unspecified atom stereocenters. The van der Waals surface area contributed by atoms with Crippen LogP contribution in [-0.2, 0) is 11.8 Å². The SMILES string of the molecule is C=C(C)C(=O)Nc1ccc(-c2c(-c3ccc(Oc4cccc(C)n4)cc3)c3c(N)ncnc3n2C)cc1C. The Balaban J connectivity index is 1.61. The molecule has 8 nitrogen and oxygen atoms in total. The molecule has 0 spiro atoms. The molecule has 8 heteroatoms. The Labute approximate surface area is 220 Å². The van der Waals surface area contributed by atoms with Crippen LogP contribution in [0, 0.1) is 13.8 Å². The number of benzene rings is 2. The predicted molar refractivity (Wildman–Crippen MR) is 151 cm³/mol. The Bertz CT molecular complexity index is 1700. The second-order valence-electron chi connectivity index (χ2n) is 9.25. The number of pyridine rings is 1. The monoisotopic (exact) mass is 504 g/mol. The van der Waals surface area contributed by atoms with Crippen LogP contribution in [-0.4, -0.2) is 25.4 Å². The number of amides is 1. The number of ether oxygens (including phenoxy) is 1. The van der Waals surface area contributed by atoms with Gasteiger partial charge < -0.3 is 20.4 Å². The van der Waals surface area contributed by atoms with Crippen molar-refractivity contribution in [1.29, 1.82) is 0 Å². The Hall–Kier alpha value is -4.98. The summed E-state index contributed by atoms with van der Waals surface area (Å²) in [6.45, 7) is 9.28. The van der Waals surface area contributed by atoms with Crippen LogP contribution in [0.4, 0.5) is 11.5 Å². The first-order chi connectivity index (χ1) is 18.2. The highest BCUT2D eigenvalue weighted by Crippen LogP contribution is 2.42. The zero-order valence-electron chi connectivity index (χ0n) is 21.7. The van der Waals surface area contributed by atoms with Crippen LogP contribution >= 0.6 is 0 Å². The van der Waals surface area contributed by atoms with Gasteiger partial charge in [0.1, 0.15) is 23.5 Å². The van der Waals surface area contributed by atoms with Crippen molar-refractivity contribution in [3.63, 3.8) is 0 Å². The van der Waals surface area contributed by atoms with Crippen LogP contribution in [0.2, 0.25) is 0 Å². The summed E-state index contributed by atoms with van der Waals surface area (Å²) in [6, 6.07) is 19.4. The number of carbonyl (C=O) groups excluding carboxylic acids is 1. The molecule has 5 rings (SSSR count). The number of fused-ring (bicyclic) bond motifs is 1. The molecule has 0 fully saturated rings. The fourth-order valence-electron chi connectivity index (χ4n) is 4.46. The molecule has 0 atom stereocenters. The molecule has 0 aliphatic heterocycles. The van der Waals surface area contributed by atoms with Crippen LogP contribution < -0.4 is 15.8 Å². The average Bonchev–Trinajstić information content (AvgIpc) is 3.19. The molecule has 38 heavy (non-hydrogen) atoms. The van der Waals surface area contributed by atoms with E-state index in [-0.39, 0.29) is 5.91 Å². The van der Waals surface area contributed by atoms with Crippen LogP contribution in [0.15, 0.2) is 79.1 Å². The van der Waals surface area contributed by atoms with Gasteiger partial charge in [-0.05, 0) is 67.8 Å². The minimum absolute atomic E-state index is 0.211. The van der Waals surface area contributed by atoms with Crippen molar-refractivity contribution in [3.8, 4) is 34.0 Å². The Morgan fingerprint density at radius 2 is 1.76 bits per heavy atom. The minimum Gasteiger partial charge on any atom is -0.439 e. The van der Waals surface area contributed by atoms with Crippen molar-refractivity contribution in [1.82, 2.24) is 19.5 Å². The quantitative estimate of drug-likeness (QED) is 0.267. The topological polar surface area (TPSA) is 108 Å². The zero-order valence-corrected chi connectivity index (χ0v) is 21.7. The van der Waals surface area contributed by atoms with Gasteiger partial charge in [0.15, 0.2) is 0 Å². The van der Waals surface area contributed by atoms with Crippen LogP contribution in [0.5, 0.6) is 11.6 Å². The van der Waals surface area contributed by atoms with Crippen molar-refractivity contribution in [2.24, 2.45) is 7.05 Å². The van der Waals surface area contributed by atoms with Crippen molar-refractivity contribution < 1.29 is 9.53 Å². The lowest BCUT2D eigenvalue weighted by molar-refractivity contribution is -0.112. The maximum absolute atomic E-state index is 12.2. The van der Waals surface area contributed by atoms with Crippen molar-refractivity contribution in [2.75, 3.05) is 11.1 Å². The number of hydrogen-bond acceptors (Lipinski definition) is 6. The van der Waals surface area contributed by atoms with E-state index in [1.807, 2.05) is 86.1 Å². The molecule has 3 N–H and O–H groups in total. The molecule has 0 aliphatic carbocycles. The predicted octanol–water partition coefficient (Wildman–Crippen LogP) is 6.20. The fourth-order valence-corrected chi connectivity index (χ4v) is 4.46. The van der Waals surface area contributed by atoms with E-state index in [2.05, 4.69) is 26.8 Å². The number of nitrogens with one attached hydrogen (secondary N) is 1. The minimum atomic E-state index is -0.211. The number of nitrogens with zero attached hydrogens (tertiary/aromatic N) is 4. The normalized spacial score (nSPS) is 10.9. The molecule has 3 heterocycles. The van der Waals surface area contributed by atoms with Gasteiger partial charge in [0.25, 0.3) is 5.91 Å². The summed E-state index contributed by atoms with van der Waals surface area (Å²) in [5, 5.41) is 3.68. The molecule has 0 saturated carbocycles. The van der Waals surface area contributed by atoms with Gasteiger partial charge in [-0.15, -0.1) is 0 Å². The second-order valence-corrected chi connectivity index (χ2v) is 9.25. The van der Waals surface area contributed by atoms with Gasteiger partial charge in [-0.1, -0.05) is 30.8 Å². The molecular weight excluding hydrogens is 476 g/mol. The van der Waals surface area contributed by atoms with E-state index in [0.717, 1.165) is 50.4 Å². The highest BCUT2D eigenvalue weighted by Gasteiger charge is 2.22. The Morgan fingerprint density at radius 1 is 1.03 bits per heavy atom. The largest absolute Gasteiger partial charge is 0.439 e. The van der Waals surface area contributed by atoms with E-state index in [1.165, 1.54) is 6.33 Å². The van der Waals surface area contributed by atoms with E-state index < -0.39 is 0 Å². The lowest BCUT2D eigenvalue weighted by Gasteiger charge is -2.13. The van der Waals surface area contributed by atoms with Gasteiger partial charge in [0, 0.05) is 35.6 Å². The van der Waals surface area contributed by atoms with E-state index in [0.29, 0.717) is 23.0 Å². The first-order valence-electron chi connectivity index (χ1n) is 12.1. The lowest BCUT2D eigenvalue weighted by atomic mass is 9.97. The van der Waals surface area contributed by atoms with Crippen molar-refractivity contribution >= 4 is 28.4 Å². The standard InChI is InChI=1S/C30H28N6O2/c1-17(2)30(37)35-23-14-11-21(15-18(23)3)27-25(26-28(31)32-16-33-29(26)36(27)5)20-9-12-22(13-10-20)38-24-8-6-7-19(4)34-24/h6-16H,1H2,2-5H3,(H,35,37)(H2,31,32,33). The third-order valence-corrected chi connectivity index (χ3v) is 6.36. The number of aryl methyl sites for hydroxylation is 3. The molecule has 0 radical (unpaired) electrons. The lowest BCUT2D eigenvalue weighted by Crippen LogP contribution is -2.12. The Kier molecular flexibility index (Phi) is 6.38. The van der Waals surface area contributed by atoms with Crippen LogP contribution in [0.3, 0.4) is 0 Å². The summed E-state index contributed by atoms with van der Waals surface area (Å²) in [5.41, 5.74) is 13.8.